The molecule has 0 saturated heterocycles. The molecule has 1 aliphatic heterocycles. The number of hydrogen-bond acceptors (Lipinski definition) is 3. The number of anilines is 1. The average Bonchev–Trinajstić information content (AvgIpc) is 3.10. The molecular formula is C14H14FN3O. The smallest absolute Gasteiger partial charge is 0.132 e. The average molecular weight is 259 g/mol. The van der Waals surface area contributed by atoms with Gasteiger partial charge in [-0.1, -0.05) is 12.2 Å². The van der Waals surface area contributed by atoms with Crippen LogP contribution in [-0.2, 0) is 6.61 Å². The molecule has 0 bridgehead atoms. The maximum absolute atomic E-state index is 13.5. The molecule has 2 N–H and O–H groups in total. The molecule has 0 spiro atoms. The van der Waals surface area contributed by atoms with Crippen molar-refractivity contribution in [2.24, 2.45) is 0 Å². The van der Waals surface area contributed by atoms with Gasteiger partial charge in [-0.25, -0.2) is 9.37 Å². The van der Waals surface area contributed by atoms with E-state index in [0.29, 0.717) is 5.82 Å². The fraction of sp³-hybridized carbons (Fsp3) is 0.214. The Morgan fingerprint density at radius 1 is 1.32 bits per heavy atom. The molecule has 0 fully saturated rings. The Morgan fingerprint density at radius 3 is 2.79 bits per heavy atom. The van der Waals surface area contributed by atoms with E-state index >= 15 is 0 Å². The Bertz CT molecular complexity index is 613. The number of aromatic nitrogens is 2. The number of aromatic amines is 1. The Hall–Kier alpha value is -2.14. The summed E-state index contributed by atoms with van der Waals surface area (Å²) in [6.45, 7) is 1.41. The molecule has 1 aromatic heterocycles. The molecule has 0 saturated carbocycles. The van der Waals surface area contributed by atoms with E-state index in [2.05, 4.69) is 27.0 Å². The zero-order valence-electron chi connectivity index (χ0n) is 10.3. The van der Waals surface area contributed by atoms with Gasteiger partial charge < -0.3 is 15.0 Å². The molecule has 4 nitrogen and oxygen atoms in total. The van der Waals surface area contributed by atoms with Gasteiger partial charge in [-0.2, -0.15) is 0 Å². The second-order valence-corrected chi connectivity index (χ2v) is 4.44. The highest BCUT2D eigenvalue weighted by Crippen LogP contribution is 2.31. The lowest BCUT2D eigenvalue weighted by Gasteiger charge is -2.21. The molecule has 0 aliphatic carbocycles. The summed E-state index contributed by atoms with van der Waals surface area (Å²) in [6, 6.07) is 4.70. The van der Waals surface area contributed by atoms with E-state index in [4.69, 9.17) is 5.11 Å². The summed E-state index contributed by atoms with van der Waals surface area (Å²) in [5.74, 6) is 0.248. The third-order valence-corrected chi connectivity index (χ3v) is 3.19. The summed E-state index contributed by atoms with van der Waals surface area (Å²) in [5.41, 5.74) is 2.50. The number of halogens is 1. The van der Waals surface area contributed by atoms with Gasteiger partial charge in [0.15, 0.2) is 0 Å². The van der Waals surface area contributed by atoms with Crippen molar-refractivity contribution in [3.63, 3.8) is 0 Å². The molecule has 0 unspecified atom stereocenters. The van der Waals surface area contributed by atoms with E-state index in [-0.39, 0.29) is 12.4 Å². The van der Waals surface area contributed by atoms with Crippen LogP contribution in [0.15, 0.2) is 36.5 Å². The number of H-pyrrole nitrogens is 1. The van der Waals surface area contributed by atoms with Gasteiger partial charge >= 0.3 is 0 Å². The summed E-state index contributed by atoms with van der Waals surface area (Å²) in [6.07, 6.45) is 5.77. The number of rotatable bonds is 3. The Morgan fingerprint density at radius 2 is 2.11 bits per heavy atom. The van der Waals surface area contributed by atoms with Crippen LogP contribution >= 0.6 is 0 Å². The molecule has 98 valence electrons. The number of benzene rings is 1. The first kappa shape index (κ1) is 11.9. The van der Waals surface area contributed by atoms with Crippen molar-refractivity contribution in [1.29, 1.82) is 0 Å². The lowest BCUT2D eigenvalue weighted by Crippen LogP contribution is -2.19. The van der Waals surface area contributed by atoms with E-state index in [1.165, 1.54) is 12.1 Å². The maximum Gasteiger partial charge on any atom is 0.132 e. The molecule has 19 heavy (non-hydrogen) atoms. The van der Waals surface area contributed by atoms with Gasteiger partial charge in [0.25, 0.3) is 0 Å². The quantitative estimate of drug-likeness (QED) is 0.830. The van der Waals surface area contributed by atoms with Crippen LogP contribution in [-0.4, -0.2) is 28.2 Å². The largest absolute Gasteiger partial charge is 0.388 e. The molecular weight excluding hydrogens is 245 g/mol. The zero-order valence-corrected chi connectivity index (χ0v) is 10.3. The lowest BCUT2D eigenvalue weighted by molar-refractivity contribution is 0.272. The molecule has 1 aliphatic rings. The van der Waals surface area contributed by atoms with Crippen molar-refractivity contribution in [2.75, 3.05) is 18.0 Å². The van der Waals surface area contributed by atoms with E-state index in [1.54, 1.807) is 12.3 Å². The second-order valence-electron chi connectivity index (χ2n) is 4.44. The highest BCUT2D eigenvalue weighted by Gasteiger charge is 2.15. The molecule has 0 radical (unpaired) electrons. The Kier molecular flexibility index (Phi) is 3.05. The van der Waals surface area contributed by atoms with Crippen molar-refractivity contribution in [1.82, 2.24) is 9.97 Å². The zero-order chi connectivity index (χ0) is 13.2. The molecule has 3 rings (SSSR count). The van der Waals surface area contributed by atoms with Crippen LogP contribution in [0.5, 0.6) is 0 Å². The third kappa shape index (κ3) is 2.24. The number of hydrogen-bond donors (Lipinski definition) is 2. The topological polar surface area (TPSA) is 52.2 Å². The summed E-state index contributed by atoms with van der Waals surface area (Å²) in [4.78, 5) is 9.18. The lowest BCUT2D eigenvalue weighted by atomic mass is 10.1. The molecule has 2 aromatic rings. The molecule has 1 aromatic carbocycles. The standard InChI is InChI=1S/C14H14FN3O/c15-10-3-4-11(12-8-16-14(9-19)17-12)13(7-10)18-5-1-2-6-18/h1-4,7-8,19H,5-6,9H2,(H,16,17). The van der Waals surface area contributed by atoms with Crippen LogP contribution in [0, 0.1) is 5.82 Å². The minimum atomic E-state index is -0.257. The maximum atomic E-state index is 13.5. The Balaban J connectivity index is 2.04. The van der Waals surface area contributed by atoms with Crippen LogP contribution in [0.3, 0.4) is 0 Å². The van der Waals surface area contributed by atoms with E-state index < -0.39 is 0 Å². The summed E-state index contributed by atoms with van der Waals surface area (Å²) in [7, 11) is 0. The number of imidazole rings is 1. The molecule has 2 heterocycles. The van der Waals surface area contributed by atoms with Crippen molar-refractivity contribution < 1.29 is 9.50 Å². The number of nitrogens with zero attached hydrogens (tertiary/aromatic N) is 2. The van der Waals surface area contributed by atoms with Crippen LogP contribution in [0.2, 0.25) is 0 Å². The highest BCUT2D eigenvalue weighted by atomic mass is 19.1. The van der Waals surface area contributed by atoms with Gasteiger partial charge in [0.05, 0.1) is 11.9 Å². The van der Waals surface area contributed by atoms with Gasteiger partial charge in [-0.05, 0) is 18.2 Å². The summed E-state index contributed by atoms with van der Waals surface area (Å²) in [5, 5.41) is 9.05. The predicted molar refractivity (Wildman–Crippen MR) is 71.3 cm³/mol. The Labute approximate surface area is 110 Å². The van der Waals surface area contributed by atoms with Crippen molar-refractivity contribution in [2.45, 2.75) is 6.61 Å². The SMILES string of the molecule is OCc1ncc(-c2ccc(F)cc2N2CC=CC2)[nH]1. The number of aliphatic hydroxyl groups is 1. The first-order chi connectivity index (χ1) is 9.28. The summed E-state index contributed by atoms with van der Waals surface area (Å²) < 4.78 is 13.5. The minimum Gasteiger partial charge on any atom is -0.388 e. The van der Waals surface area contributed by atoms with Crippen LogP contribution in [0.1, 0.15) is 5.82 Å². The molecule has 0 atom stereocenters. The first-order valence-electron chi connectivity index (χ1n) is 6.12. The highest BCUT2D eigenvalue weighted by molar-refractivity contribution is 5.77. The predicted octanol–water partition coefficient (Wildman–Crippen LogP) is 2.08. The normalized spacial score (nSPS) is 14.3. The van der Waals surface area contributed by atoms with E-state index in [9.17, 15) is 4.39 Å². The monoisotopic (exact) mass is 259 g/mol. The molecule has 5 heteroatoms. The van der Waals surface area contributed by atoms with Crippen LogP contribution < -0.4 is 4.90 Å². The third-order valence-electron chi connectivity index (χ3n) is 3.19. The van der Waals surface area contributed by atoms with Crippen molar-refractivity contribution >= 4 is 5.69 Å². The van der Waals surface area contributed by atoms with Crippen LogP contribution in [0.4, 0.5) is 10.1 Å². The van der Waals surface area contributed by atoms with Crippen molar-refractivity contribution in [3.05, 3.63) is 48.2 Å². The fourth-order valence-electron chi connectivity index (χ4n) is 2.25. The fourth-order valence-corrected chi connectivity index (χ4v) is 2.25. The van der Waals surface area contributed by atoms with Crippen molar-refractivity contribution in [3.8, 4) is 11.3 Å². The van der Waals surface area contributed by atoms with E-state index in [1.807, 2.05) is 0 Å². The number of aliphatic hydroxyl groups excluding tert-OH is 1. The summed E-state index contributed by atoms with van der Waals surface area (Å²) >= 11 is 0. The van der Waals surface area contributed by atoms with Gasteiger partial charge in [0, 0.05) is 24.3 Å². The minimum absolute atomic E-state index is 0.137. The van der Waals surface area contributed by atoms with Gasteiger partial charge in [0.1, 0.15) is 18.2 Å². The number of nitrogens with one attached hydrogen (secondary N) is 1. The second kappa shape index (κ2) is 4.85. The van der Waals surface area contributed by atoms with Gasteiger partial charge in [-0.15, -0.1) is 0 Å². The first-order valence-corrected chi connectivity index (χ1v) is 6.12. The van der Waals surface area contributed by atoms with Gasteiger partial charge in [0.2, 0.25) is 0 Å². The molecule has 0 amide bonds. The van der Waals surface area contributed by atoms with E-state index in [0.717, 1.165) is 30.0 Å². The van der Waals surface area contributed by atoms with Gasteiger partial charge in [-0.3, -0.25) is 0 Å². The van der Waals surface area contributed by atoms with Crippen LogP contribution in [0.25, 0.3) is 11.3 Å².